The highest BCUT2D eigenvalue weighted by atomic mass is 16.4. The first-order chi connectivity index (χ1) is 19.7. The zero-order chi connectivity index (χ0) is 32.0. The summed E-state index contributed by atoms with van der Waals surface area (Å²) in [5, 5.41) is 37.6. The summed E-state index contributed by atoms with van der Waals surface area (Å²) in [6.45, 7) is 0.235. The second-order valence-electron chi connectivity index (χ2n) is 9.51. The van der Waals surface area contributed by atoms with E-state index in [1.165, 1.54) is 6.92 Å². The first-order valence-corrected chi connectivity index (χ1v) is 13.0. The Morgan fingerprint density at radius 3 is 2.21 bits per heavy atom. The number of aliphatic carboxylic acids is 2. The van der Waals surface area contributed by atoms with Crippen LogP contribution in [0.15, 0.2) is 4.99 Å². The van der Waals surface area contributed by atoms with E-state index in [0.29, 0.717) is 0 Å². The zero-order valence-electron chi connectivity index (χ0n) is 23.1. The Kier molecular flexibility index (Phi) is 14.6. The number of β-amino-alcohol motifs (C(OH)–C–C–N with tert-alkyl or cyclic N) is 1. The summed E-state index contributed by atoms with van der Waals surface area (Å²) in [5.74, 6) is -6.77. The molecule has 1 heterocycles. The molecule has 5 amide bonds. The molecule has 19 nitrogen and oxygen atoms in total. The number of carbonyl (C=O) groups is 7. The van der Waals surface area contributed by atoms with Crippen molar-refractivity contribution < 1.29 is 48.9 Å². The second kappa shape index (κ2) is 17.3. The van der Waals surface area contributed by atoms with Crippen molar-refractivity contribution in [3.05, 3.63) is 0 Å². The molecule has 1 fully saturated rings. The molecule has 0 radical (unpaired) electrons. The van der Waals surface area contributed by atoms with Crippen LogP contribution in [0.4, 0.5) is 0 Å². The largest absolute Gasteiger partial charge is 0.481 e. The lowest BCUT2D eigenvalue weighted by molar-refractivity contribution is -0.143. The number of carboxylic acid groups (broad SMARTS) is 2. The number of nitrogens with zero attached hydrogens (tertiary/aromatic N) is 2. The quantitative estimate of drug-likeness (QED) is 0.0423. The summed E-state index contributed by atoms with van der Waals surface area (Å²) >= 11 is 0. The number of carbonyl (C=O) groups excluding carboxylic acids is 5. The monoisotopic (exact) mass is 601 g/mol. The predicted molar refractivity (Wildman–Crippen MR) is 144 cm³/mol. The lowest BCUT2D eigenvalue weighted by Crippen LogP contribution is -2.55. The van der Waals surface area contributed by atoms with Gasteiger partial charge in [0.05, 0.1) is 19.2 Å². The maximum atomic E-state index is 12.8. The number of aliphatic hydroxyl groups is 1. The van der Waals surface area contributed by atoms with Gasteiger partial charge in [0.2, 0.25) is 29.5 Å². The summed E-state index contributed by atoms with van der Waals surface area (Å²) in [4.78, 5) is 89.8. The van der Waals surface area contributed by atoms with E-state index in [4.69, 9.17) is 22.3 Å². The molecule has 1 aliphatic rings. The summed E-state index contributed by atoms with van der Waals surface area (Å²) in [6.07, 6.45) is -1.97. The van der Waals surface area contributed by atoms with Gasteiger partial charge in [-0.1, -0.05) is 0 Å². The number of rotatable bonds is 17. The van der Waals surface area contributed by atoms with Crippen molar-refractivity contribution in [1.29, 1.82) is 0 Å². The van der Waals surface area contributed by atoms with E-state index in [1.807, 2.05) is 0 Å². The normalized spacial score (nSPS) is 18.1. The average Bonchev–Trinajstić information content (AvgIpc) is 3.31. The number of aliphatic hydroxyl groups excluding tert-OH is 1. The Labute approximate surface area is 240 Å². The highest BCUT2D eigenvalue weighted by Crippen LogP contribution is 2.19. The van der Waals surface area contributed by atoms with Crippen LogP contribution < -0.4 is 38.5 Å². The lowest BCUT2D eigenvalue weighted by Gasteiger charge is -2.27. The molecule has 0 aromatic carbocycles. The third-order valence-electron chi connectivity index (χ3n) is 6.08. The average molecular weight is 602 g/mol. The Morgan fingerprint density at radius 2 is 1.64 bits per heavy atom. The summed E-state index contributed by atoms with van der Waals surface area (Å²) in [7, 11) is 0. The van der Waals surface area contributed by atoms with E-state index in [2.05, 4.69) is 26.3 Å². The van der Waals surface area contributed by atoms with Crippen molar-refractivity contribution in [2.45, 2.75) is 69.3 Å². The molecular formula is C23H39N9O10. The molecular weight excluding hydrogens is 562 g/mol. The molecule has 13 N–H and O–H groups in total. The zero-order valence-corrected chi connectivity index (χ0v) is 23.1. The van der Waals surface area contributed by atoms with Crippen molar-refractivity contribution >= 4 is 47.4 Å². The molecule has 1 saturated heterocycles. The summed E-state index contributed by atoms with van der Waals surface area (Å²) in [6, 6.07) is -5.05. The number of likely N-dealkylation sites (tertiary alicyclic amines) is 1. The van der Waals surface area contributed by atoms with Crippen LogP contribution in [0.25, 0.3) is 0 Å². The smallest absolute Gasteiger partial charge is 0.326 e. The molecule has 19 heteroatoms. The number of hydrogen-bond donors (Lipinski definition) is 10. The van der Waals surface area contributed by atoms with Crippen molar-refractivity contribution in [2.24, 2.45) is 22.2 Å². The maximum Gasteiger partial charge on any atom is 0.326 e. The fraction of sp³-hybridized carbons (Fsp3) is 0.652. The summed E-state index contributed by atoms with van der Waals surface area (Å²) in [5.41, 5.74) is 15.6. The lowest BCUT2D eigenvalue weighted by atomic mass is 10.1. The van der Waals surface area contributed by atoms with Crippen LogP contribution in [0.5, 0.6) is 0 Å². The van der Waals surface area contributed by atoms with E-state index in [-0.39, 0.29) is 51.3 Å². The standard InChI is InChI=1S/C23H39N9O10/c1-11(29-16(34)8-24)21(40)32-10-12(33)7-15(32)20(39)28-9-17(35)30-13(4-5-18(36)37)19(38)31-14(22(41)42)3-2-6-27-23(25)26/h11-15,33H,2-10,24H2,1H3,(H,28,39)(H,29,34)(H,30,35)(H,31,38)(H,36,37)(H,41,42)(H4,25,26,27)/t11-,12+,13-,14-,15-/m0/s1. The Morgan fingerprint density at radius 1 is 0.976 bits per heavy atom. The fourth-order valence-electron chi connectivity index (χ4n) is 4.02. The van der Waals surface area contributed by atoms with Gasteiger partial charge < -0.3 is 58.7 Å². The van der Waals surface area contributed by atoms with Gasteiger partial charge in [-0.25, -0.2) is 4.79 Å². The van der Waals surface area contributed by atoms with Crippen molar-refractivity contribution in [1.82, 2.24) is 26.2 Å². The highest BCUT2D eigenvalue weighted by Gasteiger charge is 2.40. The molecule has 42 heavy (non-hydrogen) atoms. The van der Waals surface area contributed by atoms with Crippen LogP contribution >= 0.6 is 0 Å². The van der Waals surface area contributed by atoms with Crippen molar-refractivity contribution in [2.75, 3.05) is 26.2 Å². The topological polar surface area (TPSA) is 322 Å². The van der Waals surface area contributed by atoms with Crippen LogP contribution in [0, 0.1) is 0 Å². The molecule has 5 atom stereocenters. The molecule has 0 aromatic heterocycles. The van der Waals surface area contributed by atoms with Gasteiger partial charge in [-0.15, -0.1) is 0 Å². The van der Waals surface area contributed by atoms with Crippen LogP contribution in [0.3, 0.4) is 0 Å². The third kappa shape index (κ3) is 12.3. The number of carboxylic acids is 2. The molecule has 0 aromatic rings. The van der Waals surface area contributed by atoms with Gasteiger partial charge in [0, 0.05) is 25.9 Å². The molecule has 236 valence electrons. The van der Waals surface area contributed by atoms with Crippen LogP contribution in [-0.2, 0) is 33.6 Å². The maximum absolute atomic E-state index is 12.8. The number of nitrogens with one attached hydrogen (secondary N) is 4. The molecule has 0 saturated carbocycles. The van der Waals surface area contributed by atoms with Gasteiger partial charge in [0.1, 0.15) is 24.2 Å². The van der Waals surface area contributed by atoms with E-state index < -0.39 is 84.7 Å². The van der Waals surface area contributed by atoms with Gasteiger partial charge in [-0.05, 0) is 26.2 Å². The van der Waals surface area contributed by atoms with Gasteiger partial charge >= 0.3 is 11.9 Å². The number of nitrogens with two attached hydrogens (primary N) is 3. The van der Waals surface area contributed by atoms with Gasteiger partial charge in [-0.2, -0.15) is 0 Å². The first-order valence-electron chi connectivity index (χ1n) is 13.0. The number of aliphatic imine (C=N–C) groups is 1. The van der Waals surface area contributed by atoms with E-state index in [9.17, 15) is 43.8 Å². The van der Waals surface area contributed by atoms with Crippen molar-refractivity contribution in [3.8, 4) is 0 Å². The Balaban J connectivity index is 2.82. The van der Waals surface area contributed by atoms with Gasteiger partial charge in [0.25, 0.3) is 0 Å². The van der Waals surface area contributed by atoms with Gasteiger partial charge in [-0.3, -0.25) is 33.8 Å². The van der Waals surface area contributed by atoms with E-state index in [0.717, 1.165) is 4.90 Å². The number of amides is 5. The SMILES string of the molecule is C[C@H](NC(=O)CN)C(=O)N1C[C@H](O)C[C@H]1C(=O)NCC(=O)N[C@@H](CCC(=O)O)C(=O)N[C@@H](CCCN=C(N)N)C(=O)O. The number of guanidine groups is 1. The van der Waals surface area contributed by atoms with E-state index in [1.54, 1.807) is 0 Å². The van der Waals surface area contributed by atoms with Crippen LogP contribution in [0.2, 0.25) is 0 Å². The number of hydrogen-bond acceptors (Lipinski definition) is 10. The predicted octanol–water partition coefficient (Wildman–Crippen LogP) is -5.50. The minimum atomic E-state index is -1.46. The third-order valence-corrected chi connectivity index (χ3v) is 6.08. The van der Waals surface area contributed by atoms with Gasteiger partial charge in [0.15, 0.2) is 5.96 Å². The van der Waals surface area contributed by atoms with Crippen LogP contribution in [-0.4, -0.2) is 124 Å². The Bertz CT molecular complexity index is 1050. The van der Waals surface area contributed by atoms with Crippen LogP contribution in [0.1, 0.15) is 39.0 Å². The second-order valence-corrected chi connectivity index (χ2v) is 9.51. The molecule has 0 aliphatic carbocycles. The van der Waals surface area contributed by atoms with Crippen molar-refractivity contribution in [3.63, 3.8) is 0 Å². The molecule has 0 bridgehead atoms. The molecule has 1 rings (SSSR count). The minimum absolute atomic E-state index is 0.0650. The Hall–Kier alpha value is -4.52. The minimum Gasteiger partial charge on any atom is -0.481 e. The fourth-order valence-corrected chi connectivity index (χ4v) is 4.02. The van der Waals surface area contributed by atoms with E-state index >= 15 is 0 Å². The molecule has 1 aliphatic heterocycles. The first kappa shape index (κ1) is 35.5. The molecule has 0 spiro atoms. The highest BCUT2D eigenvalue weighted by molar-refractivity contribution is 5.95. The summed E-state index contributed by atoms with van der Waals surface area (Å²) < 4.78 is 0. The molecule has 0 unspecified atom stereocenters.